The van der Waals surface area contributed by atoms with Crippen molar-refractivity contribution >= 4 is 39.9 Å². The van der Waals surface area contributed by atoms with Gasteiger partial charge in [0.15, 0.2) is 0 Å². The van der Waals surface area contributed by atoms with Gasteiger partial charge in [-0.15, -0.1) is 11.3 Å². The van der Waals surface area contributed by atoms with Gasteiger partial charge in [0.1, 0.15) is 18.1 Å². The van der Waals surface area contributed by atoms with Crippen molar-refractivity contribution in [2.45, 2.75) is 70.5 Å². The minimum atomic E-state index is -1.02. The fraction of sp³-hybridized carbons (Fsp3) is 0.295. The lowest BCUT2D eigenvalue weighted by Gasteiger charge is -2.23. The van der Waals surface area contributed by atoms with Crippen LogP contribution in [0.5, 0.6) is 11.5 Å². The zero-order valence-electron chi connectivity index (χ0n) is 30.6. The van der Waals surface area contributed by atoms with E-state index in [1.54, 1.807) is 18.4 Å². The zero-order valence-corrected chi connectivity index (χ0v) is 31.4. The normalized spacial score (nSPS) is 14.7. The van der Waals surface area contributed by atoms with Gasteiger partial charge in [-0.2, -0.15) is 0 Å². The molecule has 0 spiro atoms. The third kappa shape index (κ3) is 7.18. The number of aryl methyl sites for hydroxylation is 1. The van der Waals surface area contributed by atoms with Gasteiger partial charge in [0.25, 0.3) is 5.91 Å². The monoisotopic (exact) mass is 740 g/mol. The van der Waals surface area contributed by atoms with E-state index in [4.69, 9.17) is 14.5 Å². The number of rotatable bonds is 10. The van der Waals surface area contributed by atoms with E-state index in [9.17, 15) is 14.7 Å². The van der Waals surface area contributed by atoms with Crippen molar-refractivity contribution in [2.75, 3.05) is 18.6 Å². The highest BCUT2D eigenvalue weighted by Crippen LogP contribution is 2.48. The highest BCUT2D eigenvalue weighted by molar-refractivity contribution is 7.09. The van der Waals surface area contributed by atoms with Gasteiger partial charge in [-0.3, -0.25) is 9.69 Å². The van der Waals surface area contributed by atoms with E-state index in [0.29, 0.717) is 36.7 Å². The third-order valence-corrected chi connectivity index (χ3v) is 11.6. The highest BCUT2D eigenvalue weighted by atomic mass is 32.1. The summed E-state index contributed by atoms with van der Waals surface area (Å²) < 4.78 is 14.2. The second-order valence-electron chi connectivity index (χ2n) is 14.2. The lowest BCUT2D eigenvalue weighted by molar-refractivity contribution is 0.0935. The van der Waals surface area contributed by atoms with Gasteiger partial charge >= 0.3 is 6.09 Å². The van der Waals surface area contributed by atoms with E-state index in [-0.39, 0.29) is 18.5 Å². The maximum absolute atomic E-state index is 14.2. The summed E-state index contributed by atoms with van der Waals surface area (Å²) in [5.41, 5.74) is 8.49. The molecule has 0 radical (unpaired) electrons. The lowest BCUT2D eigenvalue weighted by atomic mass is 9.81. The van der Waals surface area contributed by atoms with E-state index < -0.39 is 6.09 Å². The minimum Gasteiger partial charge on any atom is -0.497 e. The SMILES string of the molecule is COc1ccc2c(c1)OCCn1c-2c(C2CCCCC2)c2ccc(C(=O)N[C@@H](Cc3ccc(N(Cc4ccccc4)C(=O)O)cc3)c3csc(C)n3)cc21. The minimum absolute atomic E-state index is 0.172. The molecule has 54 heavy (non-hydrogen) atoms. The van der Waals surface area contributed by atoms with Crippen LogP contribution < -0.4 is 19.7 Å². The molecule has 6 aromatic rings. The average molecular weight is 741 g/mol. The number of ether oxygens (including phenoxy) is 2. The second kappa shape index (κ2) is 15.4. The van der Waals surface area contributed by atoms with Crippen LogP contribution in [0.15, 0.2) is 96.4 Å². The van der Waals surface area contributed by atoms with E-state index in [0.717, 1.165) is 57.2 Å². The van der Waals surface area contributed by atoms with Crippen LogP contribution in [-0.4, -0.2) is 40.4 Å². The van der Waals surface area contributed by atoms with E-state index >= 15 is 0 Å². The number of nitrogens with zero attached hydrogens (tertiary/aromatic N) is 3. The highest BCUT2D eigenvalue weighted by Gasteiger charge is 2.30. The molecular weight excluding hydrogens is 697 g/mol. The average Bonchev–Trinajstić information content (AvgIpc) is 3.72. The van der Waals surface area contributed by atoms with Crippen molar-refractivity contribution < 1.29 is 24.2 Å². The first-order valence-electron chi connectivity index (χ1n) is 18.7. The molecule has 4 aromatic carbocycles. The molecule has 9 nitrogen and oxygen atoms in total. The number of methoxy groups -OCH3 is 1. The Bertz CT molecular complexity index is 2290. The molecule has 276 valence electrons. The number of thiazole rings is 1. The molecule has 1 aliphatic carbocycles. The summed E-state index contributed by atoms with van der Waals surface area (Å²) in [4.78, 5) is 32.5. The first-order valence-corrected chi connectivity index (χ1v) is 19.6. The van der Waals surface area contributed by atoms with Gasteiger partial charge in [-0.1, -0.05) is 67.8 Å². The Morgan fingerprint density at radius 1 is 1.00 bits per heavy atom. The number of carbonyl (C=O) groups excluding carboxylic acids is 1. The molecule has 8 rings (SSSR count). The number of carboxylic acid groups (broad SMARTS) is 1. The Morgan fingerprint density at radius 2 is 1.80 bits per heavy atom. The third-order valence-electron chi connectivity index (χ3n) is 10.8. The van der Waals surface area contributed by atoms with Gasteiger partial charge in [0.05, 0.1) is 42.6 Å². The van der Waals surface area contributed by atoms with Crippen LogP contribution in [0.1, 0.15) is 81.8 Å². The number of nitrogens with one attached hydrogen (secondary N) is 1. The van der Waals surface area contributed by atoms with Crippen LogP contribution in [0, 0.1) is 6.92 Å². The van der Waals surface area contributed by atoms with E-state index in [1.165, 1.54) is 40.8 Å². The van der Waals surface area contributed by atoms with Gasteiger partial charge in [-0.25, -0.2) is 9.78 Å². The predicted octanol–water partition coefficient (Wildman–Crippen LogP) is 9.92. The molecule has 3 heterocycles. The Labute approximate surface area is 319 Å². The topological polar surface area (TPSA) is 106 Å². The molecule has 1 saturated carbocycles. The summed E-state index contributed by atoms with van der Waals surface area (Å²) in [5, 5.41) is 17.4. The summed E-state index contributed by atoms with van der Waals surface area (Å²) >= 11 is 1.55. The molecule has 2 amide bonds. The van der Waals surface area contributed by atoms with Gasteiger partial charge in [-0.05, 0) is 85.2 Å². The van der Waals surface area contributed by atoms with Gasteiger partial charge in [0.2, 0.25) is 0 Å². The van der Waals surface area contributed by atoms with Crippen LogP contribution >= 0.6 is 11.3 Å². The second-order valence-corrected chi connectivity index (χ2v) is 15.3. The molecule has 1 fully saturated rings. The maximum Gasteiger partial charge on any atom is 0.412 e. The Balaban J connectivity index is 1.10. The van der Waals surface area contributed by atoms with Crippen LogP contribution in [0.4, 0.5) is 10.5 Å². The van der Waals surface area contributed by atoms with Crippen LogP contribution in [0.3, 0.4) is 0 Å². The van der Waals surface area contributed by atoms with Crippen LogP contribution in [-0.2, 0) is 19.5 Å². The Hall–Kier alpha value is -5.61. The smallest absolute Gasteiger partial charge is 0.412 e. The van der Waals surface area contributed by atoms with Crippen molar-refractivity contribution in [1.29, 1.82) is 0 Å². The number of hydrogen-bond acceptors (Lipinski definition) is 6. The number of benzene rings is 4. The van der Waals surface area contributed by atoms with Crippen molar-refractivity contribution in [3.8, 4) is 22.8 Å². The maximum atomic E-state index is 14.2. The number of amides is 2. The molecule has 2 N–H and O–H groups in total. The number of fused-ring (bicyclic) bond motifs is 5. The molecule has 2 aliphatic rings. The predicted molar refractivity (Wildman–Crippen MR) is 213 cm³/mol. The number of hydrogen-bond donors (Lipinski definition) is 2. The first-order chi connectivity index (χ1) is 26.4. The number of carbonyl (C=O) groups is 2. The molecule has 1 atom stereocenters. The van der Waals surface area contributed by atoms with Gasteiger partial charge < -0.3 is 24.5 Å². The number of aromatic nitrogens is 2. The fourth-order valence-electron chi connectivity index (χ4n) is 8.13. The summed E-state index contributed by atoms with van der Waals surface area (Å²) in [7, 11) is 1.67. The molecule has 1 aliphatic heterocycles. The largest absolute Gasteiger partial charge is 0.497 e. The Kier molecular flexibility index (Phi) is 10.1. The van der Waals surface area contributed by atoms with Crippen LogP contribution in [0.2, 0.25) is 0 Å². The van der Waals surface area contributed by atoms with Crippen LogP contribution in [0.25, 0.3) is 22.2 Å². The van der Waals surface area contributed by atoms with Crippen molar-refractivity contribution in [2.24, 2.45) is 0 Å². The summed E-state index contributed by atoms with van der Waals surface area (Å²) in [6, 6.07) is 28.9. The number of anilines is 1. The van der Waals surface area contributed by atoms with Crippen molar-refractivity contribution in [1.82, 2.24) is 14.9 Å². The molecule has 10 heteroatoms. The fourth-order valence-corrected chi connectivity index (χ4v) is 8.80. The van der Waals surface area contributed by atoms with Crippen molar-refractivity contribution in [3.05, 3.63) is 129 Å². The van der Waals surface area contributed by atoms with Gasteiger partial charge in [0, 0.05) is 39.2 Å². The summed E-state index contributed by atoms with van der Waals surface area (Å²) in [6.07, 6.45) is 5.48. The standard InChI is InChI=1S/C44H44N4O5S/c1-28-45-38(27-54-28)37(23-29-13-16-33(17-14-29)48(44(50)51)26-30-9-5-3-6-10-30)46-43(49)32-15-19-35-39(24-32)47-21-22-53-40-25-34(52-2)18-20-36(40)42(47)41(35)31-11-7-4-8-12-31/h3,5-6,9-10,13-20,24-25,27,31,37H,4,7-8,11-12,21-23,26H2,1-2H3,(H,46,49)(H,50,51)/t37-/m0/s1. The molecule has 0 bridgehead atoms. The zero-order chi connectivity index (χ0) is 37.2. The van der Waals surface area contributed by atoms with Crippen molar-refractivity contribution in [3.63, 3.8) is 0 Å². The molecule has 0 unspecified atom stereocenters. The van der Waals surface area contributed by atoms with E-state index in [2.05, 4.69) is 22.0 Å². The quantitative estimate of drug-likeness (QED) is 0.145. The molecule has 0 saturated heterocycles. The summed E-state index contributed by atoms with van der Waals surface area (Å²) in [5.74, 6) is 1.86. The Morgan fingerprint density at radius 3 is 2.52 bits per heavy atom. The summed E-state index contributed by atoms with van der Waals surface area (Å²) in [6.45, 7) is 3.39. The molecule has 2 aromatic heterocycles. The first kappa shape index (κ1) is 35.4. The van der Waals surface area contributed by atoms with E-state index in [1.807, 2.05) is 91.2 Å². The molecular formula is C44H44N4O5S. The lowest BCUT2D eigenvalue weighted by Crippen LogP contribution is -2.30.